The van der Waals surface area contributed by atoms with E-state index < -0.39 is 12.1 Å². The average Bonchev–Trinajstić information content (AvgIpc) is 3.41. The Morgan fingerprint density at radius 2 is 1.73 bits per heavy atom. The molecule has 214 valence electrons. The Balaban J connectivity index is 1.42. The number of hydrogen-bond acceptors (Lipinski definition) is 7. The summed E-state index contributed by atoms with van der Waals surface area (Å²) < 4.78 is 10.5. The van der Waals surface area contributed by atoms with Crippen LogP contribution in [-0.2, 0) is 19.5 Å². The lowest BCUT2D eigenvalue weighted by atomic mass is 10.00. The molecule has 0 saturated carbocycles. The highest BCUT2D eigenvalue weighted by Crippen LogP contribution is 2.14. The van der Waals surface area contributed by atoms with Gasteiger partial charge in [0.25, 0.3) is 11.8 Å². The summed E-state index contributed by atoms with van der Waals surface area (Å²) in [5.41, 5.74) is 3.35. The van der Waals surface area contributed by atoms with Gasteiger partial charge in [0.1, 0.15) is 12.0 Å². The highest BCUT2D eigenvalue weighted by molar-refractivity contribution is 5.99. The Hall–Kier alpha value is -4.47. The van der Waals surface area contributed by atoms with Crippen LogP contribution in [-0.4, -0.2) is 59.7 Å². The number of amides is 2. The topological polar surface area (TPSA) is 117 Å². The monoisotopic (exact) mass is 556 g/mol. The number of aliphatic hydroxyl groups excluding tert-OH is 1. The van der Waals surface area contributed by atoms with Crippen LogP contribution in [0.25, 0.3) is 0 Å². The number of ether oxygens (including phenoxy) is 1. The Kier molecular flexibility index (Phi) is 10.3. The molecule has 0 saturated heterocycles. The van der Waals surface area contributed by atoms with Crippen molar-refractivity contribution in [2.75, 3.05) is 20.7 Å². The summed E-state index contributed by atoms with van der Waals surface area (Å²) >= 11 is 0. The molecule has 0 bridgehead atoms. The summed E-state index contributed by atoms with van der Waals surface area (Å²) in [6.07, 6.45) is 1.09. The van der Waals surface area contributed by atoms with Gasteiger partial charge >= 0.3 is 0 Å². The maximum atomic E-state index is 13.4. The van der Waals surface area contributed by atoms with Crippen molar-refractivity contribution in [2.24, 2.45) is 0 Å². The largest absolute Gasteiger partial charge is 0.497 e. The van der Waals surface area contributed by atoms with E-state index in [1.807, 2.05) is 54.6 Å². The molecule has 0 unspecified atom stereocenters. The number of methoxy groups -OCH3 is 1. The van der Waals surface area contributed by atoms with Crippen molar-refractivity contribution in [3.05, 3.63) is 119 Å². The van der Waals surface area contributed by atoms with Gasteiger partial charge in [0.2, 0.25) is 0 Å². The van der Waals surface area contributed by atoms with Crippen LogP contribution >= 0.6 is 0 Å². The van der Waals surface area contributed by atoms with Gasteiger partial charge in [0.15, 0.2) is 5.89 Å². The maximum absolute atomic E-state index is 13.4. The first-order chi connectivity index (χ1) is 19.8. The fourth-order valence-electron chi connectivity index (χ4n) is 4.50. The lowest BCUT2D eigenvalue weighted by Gasteiger charge is -2.25. The molecule has 0 aliphatic heterocycles. The zero-order valence-corrected chi connectivity index (χ0v) is 23.5. The van der Waals surface area contributed by atoms with Crippen molar-refractivity contribution in [3.8, 4) is 5.75 Å². The first-order valence-electron chi connectivity index (χ1n) is 13.5. The predicted molar refractivity (Wildman–Crippen MR) is 156 cm³/mol. The van der Waals surface area contributed by atoms with Crippen LogP contribution in [0.1, 0.15) is 43.4 Å². The number of oxazole rings is 1. The highest BCUT2D eigenvalue weighted by atomic mass is 16.5. The molecule has 2 amide bonds. The van der Waals surface area contributed by atoms with E-state index in [0.717, 1.165) is 16.9 Å². The number of nitrogens with one attached hydrogen (secondary N) is 2. The van der Waals surface area contributed by atoms with Crippen LogP contribution in [0.2, 0.25) is 0 Å². The standard InChI is InChI=1S/C32H36N4O5/c1-22-34-27(21-41-22)20-36(2)32(39)26-13-8-12-25(17-26)31(38)35-29(16-23-9-5-4-6-10-23)30(37)19-33-18-24-11-7-14-28(15-24)40-3/h4-15,17,21,29-30,33,37H,16,18-20H2,1-3H3,(H,35,38)/t29-,30+/m0/s1. The number of rotatable bonds is 13. The van der Waals surface area contributed by atoms with Gasteiger partial charge < -0.3 is 29.8 Å². The van der Waals surface area contributed by atoms with E-state index >= 15 is 0 Å². The number of aliphatic hydroxyl groups is 1. The first kappa shape index (κ1) is 29.5. The molecule has 1 heterocycles. The Morgan fingerprint density at radius 1 is 1.00 bits per heavy atom. The zero-order valence-electron chi connectivity index (χ0n) is 23.5. The number of aromatic nitrogens is 1. The Morgan fingerprint density at radius 3 is 2.46 bits per heavy atom. The molecule has 3 N–H and O–H groups in total. The van der Waals surface area contributed by atoms with Crippen molar-refractivity contribution < 1.29 is 23.8 Å². The number of nitrogens with zero attached hydrogens (tertiary/aromatic N) is 2. The summed E-state index contributed by atoms with van der Waals surface area (Å²) in [6, 6.07) is 23.4. The van der Waals surface area contributed by atoms with Crippen LogP contribution in [0.4, 0.5) is 0 Å². The molecule has 2 atom stereocenters. The molecule has 0 spiro atoms. The molecular formula is C32H36N4O5. The minimum Gasteiger partial charge on any atom is -0.497 e. The van der Waals surface area contributed by atoms with Gasteiger partial charge in [-0.3, -0.25) is 9.59 Å². The molecule has 41 heavy (non-hydrogen) atoms. The molecule has 0 aliphatic rings. The average molecular weight is 557 g/mol. The summed E-state index contributed by atoms with van der Waals surface area (Å²) in [5.74, 6) is 0.673. The fraction of sp³-hybridized carbons (Fsp3) is 0.281. The van der Waals surface area contributed by atoms with Gasteiger partial charge in [-0.1, -0.05) is 48.5 Å². The van der Waals surface area contributed by atoms with Crippen molar-refractivity contribution in [3.63, 3.8) is 0 Å². The predicted octanol–water partition coefficient (Wildman–Crippen LogP) is 3.76. The van der Waals surface area contributed by atoms with E-state index in [0.29, 0.717) is 35.7 Å². The van der Waals surface area contributed by atoms with Gasteiger partial charge in [0.05, 0.1) is 31.5 Å². The third-order valence-corrected chi connectivity index (χ3v) is 6.68. The smallest absolute Gasteiger partial charge is 0.253 e. The van der Waals surface area contributed by atoms with E-state index in [1.165, 1.54) is 11.2 Å². The van der Waals surface area contributed by atoms with E-state index in [4.69, 9.17) is 9.15 Å². The van der Waals surface area contributed by atoms with Gasteiger partial charge in [0, 0.05) is 38.2 Å². The molecule has 4 aromatic rings. The SMILES string of the molecule is COc1cccc(CNC[C@@H](O)[C@H](Cc2ccccc2)NC(=O)c2cccc(C(=O)N(C)Cc3coc(C)n3)c2)c1. The van der Waals surface area contributed by atoms with Gasteiger partial charge in [-0.25, -0.2) is 4.98 Å². The summed E-state index contributed by atoms with van der Waals surface area (Å²) in [6.45, 7) is 2.82. The number of carbonyl (C=O) groups is 2. The van der Waals surface area contributed by atoms with E-state index in [9.17, 15) is 14.7 Å². The molecule has 9 heteroatoms. The summed E-state index contributed by atoms with van der Waals surface area (Å²) in [4.78, 5) is 32.2. The second kappa shape index (κ2) is 14.2. The second-order valence-electron chi connectivity index (χ2n) is 9.92. The summed E-state index contributed by atoms with van der Waals surface area (Å²) in [5, 5.41) is 17.4. The molecule has 1 aromatic heterocycles. The second-order valence-corrected chi connectivity index (χ2v) is 9.92. The Labute approximate surface area is 240 Å². The lowest BCUT2D eigenvalue weighted by Crippen LogP contribution is -2.48. The van der Waals surface area contributed by atoms with E-state index in [1.54, 1.807) is 45.3 Å². The molecule has 4 rings (SSSR count). The number of hydrogen-bond donors (Lipinski definition) is 3. The van der Waals surface area contributed by atoms with E-state index in [-0.39, 0.29) is 24.9 Å². The van der Waals surface area contributed by atoms with E-state index in [2.05, 4.69) is 15.6 Å². The quantitative estimate of drug-likeness (QED) is 0.230. The van der Waals surface area contributed by atoms with Crippen LogP contribution in [0.3, 0.4) is 0 Å². The molecule has 0 radical (unpaired) electrons. The van der Waals surface area contributed by atoms with Crippen molar-refractivity contribution in [2.45, 2.75) is 38.6 Å². The number of aryl methyl sites for hydroxylation is 1. The normalized spacial score (nSPS) is 12.4. The van der Waals surface area contributed by atoms with Crippen LogP contribution in [0.5, 0.6) is 5.75 Å². The molecular weight excluding hydrogens is 520 g/mol. The lowest BCUT2D eigenvalue weighted by molar-refractivity contribution is 0.0783. The molecule has 9 nitrogen and oxygen atoms in total. The molecule has 0 fully saturated rings. The van der Waals surface area contributed by atoms with Crippen molar-refractivity contribution >= 4 is 11.8 Å². The van der Waals surface area contributed by atoms with Gasteiger partial charge in [-0.15, -0.1) is 0 Å². The van der Waals surface area contributed by atoms with Gasteiger partial charge in [-0.2, -0.15) is 0 Å². The minimum absolute atomic E-state index is 0.247. The molecule has 3 aromatic carbocycles. The van der Waals surface area contributed by atoms with Crippen LogP contribution < -0.4 is 15.4 Å². The number of carbonyl (C=O) groups excluding carboxylic acids is 2. The first-order valence-corrected chi connectivity index (χ1v) is 13.5. The van der Waals surface area contributed by atoms with Crippen molar-refractivity contribution in [1.82, 2.24) is 20.5 Å². The third kappa shape index (κ3) is 8.51. The third-order valence-electron chi connectivity index (χ3n) is 6.68. The fourth-order valence-corrected chi connectivity index (χ4v) is 4.50. The minimum atomic E-state index is -0.869. The zero-order chi connectivity index (χ0) is 29.2. The molecule has 0 aliphatic carbocycles. The van der Waals surface area contributed by atoms with Crippen LogP contribution in [0.15, 0.2) is 89.5 Å². The summed E-state index contributed by atoms with van der Waals surface area (Å²) in [7, 11) is 3.29. The van der Waals surface area contributed by atoms with Gasteiger partial charge in [-0.05, 0) is 47.9 Å². The van der Waals surface area contributed by atoms with Crippen LogP contribution in [0, 0.1) is 6.92 Å². The highest BCUT2D eigenvalue weighted by Gasteiger charge is 2.23. The Bertz CT molecular complexity index is 1440. The maximum Gasteiger partial charge on any atom is 0.253 e. The number of benzene rings is 3. The van der Waals surface area contributed by atoms with Crippen molar-refractivity contribution in [1.29, 1.82) is 0 Å².